The zero-order valence-electron chi connectivity index (χ0n) is 8.10. The van der Waals surface area contributed by atoms with Crippen LogP contribution in [-0.4, -0.2) is 15.9 Å². The molecule has 0 radical (unpaired) electrons. The highest BCUT2D eigenvalue weighted by molar-refractivity contribution is 6.02. The fourth-order valence-electron chi connectivity index (χ4n) is 1.10. The molecule has 1 N–H and O–H groups in total. The molecule has 0 aliphatic heterocycles. The van der Waals surface area contributed by atoms with Crippen molar-refractivity contribution in [3.05, 3.63) is 42.4 Å². The summed E-state index contributed by atoms with van der Waals surface area (Å²) >= 11 is 0. The van der Waals surface area contributed by atoms with Crippen molar-refractivity contribution in [1.82, 2.24) is 9.97 Å². The van der Waals surface area contributed by atoms with E-state index in [0.717, 1.165) is 0 Å². The molecule has 0 bridgehead atoms. The third-order valence-corrected chi connectivity index (χ3v) is 1.77. The standard InChI is InChI=1S/C10H9N3O2/c1-7-12-9(6-15-7)10(14)13-8-3-2-4-11-5-8/h2-6H,1H3,(H,13,14). The molecule has 0 saturated heterocycles. The fourth-order valence-corrected chi connectivity index (χ4v) is 1.10. The van der Waals surface area contributed by atoms with Gasteiger partial charge in [-0.25, -0.2) is 4.98 Å². The number of rotatable bonds is 2. The van der Waals surface area contributed by atoms with Crippen LogP contribution in [0.15, 0.2) is 35.2 Å². The maximum atomic E-state index is 11.6. The van der Waals surface area contributed by atoms with Gasteiger partial charge in [-0.1, -0.05) is 0 Å². The molecule has 0 aromatic carbocycles. The molecular weight excluding hydrogens is 194 g/mol. The lowest BCUT2D eigenvalue weighted by Gasteiger charge is -2.00. The molecule has 15 heavy (non-hydrogen) atoms. The Morgan fingerprint density at radius 3 is 3.00 bits per heavy atom. The third-order valence-electron chi connectivity index (χ3n) is 1.77. The number of oxazole rings is 1. The summed E-state index contributed by atoms with van der Waals surface area (Å²) in [6.45, 7) is 1.68. The van der Waals surface area contributed by atoms with E-state index in [4.69, 9.17) is 4.42 Å². The summed E-state index contributed by atoms with van der Waals surface area (Å²) in [5.41, 5.74) is 0.888. The molecule has 0 atom stereocenters. The topological polar surface area (TPSA) is 68.0 Å². The average molecular weight is 203 g/mol. The summed E-state index contributed by atoms with van der Waals surface area (Å²) in [7, 11) is 0. The van der Waals surface area contributed by atoms with Gasteiger partial charge in [-0.05, 0) is 12.1 Å². The molecule has 76 valence electrons. The van der Waals surface area contributed by atoms with Gasteiger partial charge in [0.25, 0.3) is 5.91 Å². The lowest BCUT2D eigenvalue weighted by Crippen LogP contribution is -2.12. The van der Waals surface area contributed by atoms with Gasteiger partial charge in [0.05, 0.1) is 11.9 Å². The van der Waals surface area contributed by atoms with Crippen LogP contribution in [0.1, 0.15) is 16.4 Å². The molecule has 5 heteroatoms. The molecule has 0 aliphatic carbocycles. The number of anilines is 1. The number of aryl methyl sites for hydroxylation is 1. The predicted molar refractivity (Wildman–Crippen MR) is 53.4 cm³/mol. The Balaban J connectivity index is 2.11. The van der Waals surface area contributed by atoms with Gasteiger partial charge in [0.2, 0.25) is 0 Å². The summed E-state index contributed by atoms with van der Waals surface area (Å²) in [6, 6.07) is 3.49. The number of carbonyl (C=O) groups is 1. The molecule has 2 aromatic heterocycles. The Bertz CT molecular complexity index is 465. The van der Waals surface area contributed by atoms with E-state index in [-0.39, 0.29) is 11.6 Å². The molecule has 0 spiro atoms. The summed E-state index contributed by atoms with van der Waals surface area (Å²) in [6.07, 6.45) is 4.52. The van der Waals surface area contributed by atoms with Crippen LogP contribution < -0.4 is 5.32 Å². The molecule has 2 rings (SSSR count). The largest absolute Gasteiger partial charge is 0.448 e. The van der Waals surface area contributed by atoms with Crippen molar-refractivity contribution in [2.75, 3.05) is 5.32 Å². The van der Waals surface area contributed by atoms with Gasteiger partial charge >= 0.3 is 0 Å². The predicted octanol–water partition coefficient (Wildman–Crippen LogP) is 1.63. The summed E-state index contributed by atoms with van der Waals surface area (Å²) < 4.78 is 4.94. The maximum absolute atomic E-state index is 11.6. The highest BCUT2D eigenvalue weighted by atomic mass is 16.3. The number of amides is 1. The summed E-state index contributed by atoms with van der Waals surface area (Å²) in [5, 5.41) is 2.65. The zero-order valence-corrected chi connectivity index (χ0v) is 8.10. The van der Waals surface area contributed by atoms with E-state index in [1.807, 2.05) is 0 Å². The Hall–Kier alpha value is -2.17. The number of hydrogen-bond acceptors (Lipinski definition) is 4. The van der Waals surface area contributed by atoms with Crippen LogP contribution in [0.25, 0.3) is 0 Å². The van der Waals surface area contributed by atoms with Crippen molar-refractivity contribution in [3.63, 3.8) is 0 Å². The normalized spacial score (nSPS) is 9.93. The maximum Gasteiger partial charge on any atom is 0.277 e. The molecule has 0 unspecified atom stereocenters. The van der Waals surface area contributed by atoms with E-state index >= 15 is 0 Å². The molecule has 1 amide bonds. The minimum Gasteiger partial charge on any atom is -0.448 e. The van der Waals surface area contributed by atoms with Gasteiger partial charge in [0, 0.05) is 13.1 Å². The SMILES string of the molecule is Cc1nc(C(=O)Nc2cccnc2)co1. The first kappa shape index (κ1) is 9.39. The second-order valence-electron chi connectivity index (χ2n) is 2.95. The molecule has 0 fully saturated rings. The lowest BCUT2D eigenvalue weighted by molar-refractivity contribution is 0.102. The van der Waals surface area contributed by atoms with Crippen LogP contribution in [0.2, 0.25) is 0 Å². The molecule has 0 aliphatic rings. The van der Waals surface area contributed by atoms with Crippen LogP contribution in [0.5, 0.6) is 0 Å². The smallest absolute Gasteiger partial charge is 0.277 e. The van der Waals surface area contributed by atoms with E-state index in [2.05, 4.69) is 15.3 Å². The van der Waals surface area contributed by atoms with Crippen LogP contribution >= 0.6 is 0 Å². The Labute approximate surface area is 86.2 Å². The van der Waals surface area contributed by atoms with Crippen molar-refractivity contribution < 1.29 is 9.21 Å². The van der Waals surface area contributed by atoms with Crippen molar-refractivity contribution in [2.45, 2.75) is 6.92 Å². The zero-order chi connectivity index (χ0) is 10.7. The second kappa shape index (κ2) is 3.91. The summed E-state index contributed by atoms with van der Waals surface area (Å²) in [4.78, 5) is 19.4. The van der Waals surface area contributed by atoms with Crippen molar-refractivity contribution >= 4 is 11.6 Å². The molecule has 2 aromatic rings. The highest BCUT2D eigenvalue weighted by Crippen LogP contribution is 2.06. The van der Waals surface area contributed by atoms with Crippen molar-refractivity contribution in [3.8, 4) is 0 Å². The van der Waals surface area contributed by atoms with E-state index in [1.165, 1.54) is 6.26 Å². The van der Waals surface area contributed by atoms with E-state index in [1.54, 1.807) is 31.5 Å². The van der Waals surface area contributed by atoms with Crippen molar-refractivity contribution in [1.29, 1.82) is 0 Å². The number of carbonyl (C=O) groups excluding carboxylic acids is 1. The quantitative estimate of drug-likeness (QED) is 0.805. The molecular formula is C10H9N3O2. The van der Waals surface area contributed by atoms with Gasteiger partial charge in [-0.15, -0.1) is 0 Å². The molecule has 2 heterocycles. The minimum atomic E-state index is -0.306. The fraction of sp³-hybridized carbons (Fsp3) is 0.100. The first-order chi connectivity index (χ1) is 7.25. The number of aromatic nitrogens is 2. The molecule has 0 saturated carbocycles. The Morgan fingerprint density at radius 1 is 1.53 bits per heavy atom. The van der Waals surface area contributed by atoms with E-state index < -0.39 is 0 Å². The average Bonchev–Trinajstić information content (AvgIpc) is 2.66. The third kappa shape index (κ3) is 2.19. The van der Waals surface area contributed by atoms with Gasteiger partial charge in [-0.2, -0.15) is 0 Å². The number of hydrogen-bond donors (Lipinski definition) is 1. The lowest BCUT2D eigenvalue weighted by atomic mass is 10.4. The van der Waals surface area contributed by atoms with E-state index in [0.29, 0.717) is 11.6 Å². The van der Waals surface area contributed by atoms with E-state index in [9.17, 15) is 4.79 Å². The van der Waals surface area contributed by atoms with Gasteiger partial charge < -0.3 is 9.73 Å². The second-order valence-corrected chi connectivity index (χ2v) is 2.95. The highest BCUT2D eigenvalue weighted by Gasteiger charge is 2.10. The van der Waals surface area contributed by atoms with Crippen LogP contribution in [0.3, 0.4) is 0 Å². The van der Waals surface area contributed by atoms with Gasteiger partial charge in [0.15, 0.2) is 11.6 Å². The number of nitrogens with one attached hydrogen (secondary N) is 1. The molecule has 5 nitrogen and oxygen atoms in total. The van der Waals surface area contributed by atoms with Crippen LogP contribution in [0, 0.1) is 6.92 Å². The van der Waals surface area contributed by atoms with Gasteiger partial charge in [-0.3, -0.25) is 9.78 Å². The number of pyridine rings is 1. The Kier molecular flexibility index (Phi) is 2.45. The number of nitrogens with zero attached hydrogens (tertiary/aromatic N) is 2. The first-order valence-electron chi connectivity index (χ1n) is 4.39. The minimum absolute atomic E-state index is 0.261. The Morgan fingerprint density at radius 2 is 2.40 bits per heavy atom. The van der Waals surface area contributed by atoms with Gasteiger partial charge in [0.1, 0.15) is 6.26 Å². The first-order valence-corrected chi connectivity index (χ1v) is 4.39. The monoisotopic (exact) mass is 203 g/mol. The van der Waals surface area contributed by atoms with Crippen LogP contribution in [0.4, 0.5) is 5.69 Å². The van der Waals surface area contributed by atoms with Crippen molar-refractivity contribution in [2.24, 2.45) is 0 Å². The summed E-state index contributed by atoms with van der Waals surface area (Å²) in [5.74, 6) is 0.159. The van der Waals surface area contributed by atoms with Crippen LogP contribution in [-0.2, 0) is 0 Å².